The molecule has 0 radical (unpaired) electrons. The second-order valence-electron chi connectivity index (χ2n) is 5.50. The Kier molecular flexibility index (Phi) is 5.96. The summed E-state index contributed by atoms with van der Waals surface area (Å²) in [6, 6.07) is 11.7. The molecule has 0 aliphatic carbocycles. The van der Waals surface area contributed by atoms with Gasteiger partial charge in [0.15, 0.2) is 9.84 Å². The van der Waals surface area contributed by atoms with Crippen LogP contribution < -0.4 is 5.32 Å². The second kappa shape index (κ2) is 7.77. The van der Waals surface area contributed by atoms with Crippen molar-refractivity contribution in [2.45, 2.75) is 18.7 Å². The molecule has 1 unspecified atom stereocenters. The third kappa shape index (κ3) is 5.62. The molecule has 1 amide bonds. The molecule has 2 aromatic rings. The summed E-state index contributed by atoms with van der Waals surface area (Å²) >= 11 is 5.83. The summed E-state index contributed by atoms with van der Waals surface area (Å²) in [6.45, 7) is 1.70. The fourth-order valence-corrected chi connectivity index (χ4v) is 3.73. The molecule has 24 heavy (non-hydrogen) atoms. The molecule has 7 heteroatoms. The minimum absolute atomic E-state index is 0.258. The van der Waals surface area contributed by atoms with Gasteiger partial charge in [-0.15, -0.1) is 0 Å². The molecule has 0 aliphatic heterocycles. The number of nitrogens with one attached hydrogen (secondary N) is 1. The number of hydrogen-bond donors (Lipinski definition) is 1. The largest absolute Gasteiger partial charge is 0.349 e. The molecule has 2 rings (SSSR count). The SMILES string of the molecule is CC(NC(=O)CS(=O)(=O)Cc1cccc(Cl)c1)c1ccc(F)cc1. The summed E-state index contributed by atoms with van der Waals surface area (Å²) in [5, 5.41) is 3.04. The molecular weight excluding hydrogens is 353 g/mol. The lowest BCUT2D eigenvalue weighted by Crippen LogP contribution is -2.32. The summed E-state index contributed by atoms with van der Waals surface area (Å²) in [4.78, 5) is 12.0. The number of halogens is 2. The van der Waals surface area contributed by atoms with Gasteiger partial charge in [0.1, 0.15) is 11.6 Å². The molecule has 0 aliphatic rings. The van der Waals surface area contributed by atoms with Crippen LogP contribution in [0.4, 0.5) is 4.39 Å². The Morgan fingerprint density at radius 2 is 1.88 bits per heavy atom. The summed E-state index contributed by atoms with van der Waals surface area (Å²) in [5.41, 5.74) is 1.22. The van der Waals surface area contributed by atoms with Crippen molar-refractivity contribution in [3.8, 4) is 0 Å². The van der Waals surface area contributed by atoms with E-state index in [1.165, 1.54) is 12.1 Å². The quantitative estimate of drug-likeness (QED) is 0.850. The number of hydrogen-bond acceptors (Lipinski definition) is 3. The normalized spacial score (nSPS) is 12.6. The molecule has 4 nitrogen and oxygen atoms in total. The topological polar surface area (TPSA) is 63.2 Å². The number of rotatable bonds is 6. The smallest absolute Gasteiger partial charge is 0.235 e. The minimum Gasteiger partial charge on any atom is -0.349 e. The van der Waals surface area contributed by atoms with Crippen LogP contribution >= 0.6 is 11.6 Å². The number of benzene rings is 2. The Balaban J connectivity index is 1.96. The molecule has 0 spiro atoms. The first-order valence-corrected chi connectivity index (χ1v) is 9.45. The van der Waals surface area contributed by atoms with Crippen molar-refractivity contribution in [3.63, 3.8) is 0 Å². The third-order valence-corrected chi connectivity index (χ3v) is 5.08. The Hall–Kier alpha value is -1.92. The Morgan fingerprint density at radius 1 is 1.21 bits per heavy atom. The molecular formula is C17H17ClFNO3S. The van der Waals surface area contributed by atoms with E-state index in [1.807, 2.05) is 0 Å². The maximum Gasteiger partial charge on any atom is 0.235 e. The fraction of sp³-hybridized carbons (Fsp3) is 0.235. The predicted molar refractivity (Wildman–Crippen MR) is 91.9 cm³/mol. The number of amides is 1. The van der Waals surface area contributed by atoms with E-state index in [4.69, 9.17) is 11.6 Å². The first-order valence-electron chi connectivity index (χ1n) is 7.25. The lowest BCUT2D eigenvalue weighted by molar-refractivity contribution is -0.119. The number of carbonyl (C=O) groups excluding carboxylic acids is 1. The Labute approximate surface area is 145 Å². The molecule has 2 aromatic carbocycles. The second-order valence-corrected chi connectivity index (χ2v) is 8.00. The lowest BCUT2D eigenvalue weighted by atomic mass is 10.1. The molecule has 128 valence electrons. The van der Waals surface area contributed by atoms with Crippen molar-refractivity contribution < 1.29 is 17.6 Å². The number of carbonyl (C=O) groups is 1. The Morgan fingerprint density at radius 3 is 2.50 bits per heavy atom. The molecule has 1 atom stereocenters. The standard InChI is InChI=1S/C17H17ClFNO3S/c1-12(14-5-7-16(19)8-6-14)20-17(21)11-24(22,23)10-13-3-2-4-15(18)9-13/h2-9,12H,10-11H2,1H3,(H,20,21). The summed E-state index contributed by atoms with van der Waals surface area (Å²) in [7, 11) is -3.62. The van der Waals surface area contributed by atoms with Gasteiger partial charge in [-0.3, -0.25) is 4.79 Å². The van der Waals surface area contributed by atoms with Crippen LogP contribution in [0, 0.1) is 5.82 Å². The van der Waals surface area contributed by atoms with Gasteiger partial charge in [-0.05, 0) is 42.3 Å². The van der Waals surface area contributed by atoms with Crippen molar-refractivity contribution in [1.29, 1.82) is 0 Å². The molecule has 0 fully saturated rings. The first kappa shape index (κ1) is 18.4. The van der Waals surface area contributed by atoms with Gasteiger partial charge in [0.25, 0.3) is 0 Å². The molecule has 0 heterocycles. The zero-order valence-corrected chi connectivity index (χ0v) is 14.6. The maximum absolute atomic E-state index is 12.9. The average molecular weight is 370 g/mol. The lowest BCUT2D eigenvalue weighted by Gasteiger charge is -2.14. The van der Waals surface area contributed by atoms with Crippen LogP contribution in [0.1, 0.15) is 24.1 Å². The van der Waals surface area contributed by atoms with Gasteiger partial charge < -0.3 is 5.32 Å². The van der Waals surface area contributed by atoms with Gasteiger partial charge in [0.2, 0.25) is 5.91 Å². The van der Waals surface area contributed by atoms with Crippen molar-refractivity contribution in [2.75, 3.05) is 5.75 Å². The van der Waals surface area contributed by atoms with E-state index >= 15 is 0 Å². The predicted octanol–water partition coefficient (Wildman–Crippen LogP) is 3.27. The summed E-state index contributed by atoms with van der Waals surface area (Å²) < 4.78 is 37.2. The van der Waals surface area contributed by atoms with E-state index in [-0.39, 0.29) is 11.6 Å². The number of sulfone groups is 1. The van der Waals surface area contributed by atoms with Gasteiger partial charge in [0.05, 0.1) is 11.8 Å². The molecule has 0 saturated heterocycles. The molecule has 0 aromatic heterocycles. The van der Waals surface area contributed by atoms with Gasteiger partial charge in [-0.2, -0.15) is 0 Å². The Bertz CT molecular complexity index is 822. The van der Waals surface area contributed by atoms with Gasteiger partial charge in [0, 0.05) is 5.02 Å². The highest BCUT2D eigenvalue weighted by atomic mass is 35.5. The fourth-order valence-electron chi connectivity index (χ4n) is 2.25. The van der Waals surface area contributed by atoms with Gasteiger partial charge in [-0.25, -0.2) is 12.8 Å². The van der Waals surface area contributed by atoms with E-state index < -0.39 is 27.5 Å². The van der Waals surface area contributed by atoms with E-state index in [9.17, 15) is 17.6 Å². The van der Waals surface area contributed by atoms with Crippen molar-refractivity contribution in [1.82, 2.24) is 5.32 Å². The zero-order chi connectivity index (χ0) is 17.7. The average Bonchev–Trinajstić information content (AvgIpc) is 2.46. The highest BCUT2D eigenvalue weighted by Crippen LogP contribution is 2.15. The van der Waals surface area contributed by atoms with E-state index in [1.54, 1.807) is 43.3 Å². The third-order valence-electron chi connectivity index (χ3n) is 3.37. The first-order chi connectivity index (χ1) is 11.2. The van der Waals surface area contributed by atoms with Crippen LogP contribution in [-0.2, 0) is 20.4 Å². The highest BCUT2D eigenvalue weighted by molar-refractivity contribution is 7.91. The van der Waals surface area contributed by atoms with Crippen molar-refractivity contribution in [2.24, 2.45) is 0 Å². The minimum atomic E-state index is -3.62. The van der Waals surface area contributed by atoms with Crippen LogP contribution in [0.5, 0.6) is 0 Å². The van der Waals surface area contributed by atoms with Crippen LogP contribution in [0.15, 0.2) is 48.5 Å². The monoisotopic (exact) mass is 369 g/mol. The molecule has 1 N–H and O–H groups in total. The summed E-state index contributed by atoms with van der Waals surface area (Å²) in [5.74, 6) is -1.85. The van der Waals surface area contributed by atoms with Crippen LogP contribution in [0.3, 0.4) is 0 Å². The maximum atomic E-state index is 12.9. The molecule has 0 bridgehead atoms. The highest BCUT2D eigenvalue weighted by Gasteiger charge is 2.19. The van der Waals surface area contributed by atoms with Crippen molar-refractivity contribution >= 4 is 27.3 Å². The van der Waals surface area contributed by atoms with Crippen LogP contribution in [-0.4, -0.2) is 20.1 Å². The van der Waals surface area contributed by atoms with Gasteiger partial charge in [-0.1, -0.05) is 35.9 Å². The van der Waals surface area contributed by atoms with Crippen LogP contribution in [0.2, 0.25) is 5.02 Å². The summed E-state index contributed by atoms with van der Waals surface area (Å²) in [6.07, 6.45) is 0. The zero-order valence-electron chi connectivity index (χ0n) is 13.0. The van der Waals surface area contributed by atoms with E-state index in [0.717, 1.165) is 0 Å². The van der Waals surface area contributed by atoms with E-state index in [2.05, 4.69) is 5.32 Å². The van der Waals surface area contributed by atoms with Crippen molar-refractivity contribution in [3.05, 3.63) is 70.5 Å². The van der Waals surface area contributed by atoms with E-state index in [0.29, 0.717) is 16.1 Å². The van der Waals surface area contributed by atoms with Gasteiger partial charge >= 0.3 is 0 Å². The molecule has 0 saturated carbocycles. The van der Waals surface area contributed by atoms with Crippen LogP contribution in [0.25, 0.3) is 0 Å².